The molecule has 1 aromatic heterocycles. The predicted octanol–water partition coefficient (Wildman–Crippen LogP) is 4.21. The van der Waals surface area contributed by atoms with Crippen LogP contribution >= 0.6 is 11.8 Å². The van der Waals surface area contributed by atoms with Crippen molar-refractivity contribution in [1.29, 1.82) is 0 Å². The number of thioether (sulfide) groups is 1. The number of halogens is 3. The van der Waals surface area contributed by atoms with Gasteiger partial charge in [0.25, 0.3) is 5.22 Å². The number of hydrogen-bond donors (Lipinski definition) is 1. The van der Waals surface area contributed by atoms with E-state index in [2.05, 4.69) is 20.3 Å². The van der Waals surface area contributed by atoms with Gasteiger partial charge in [-0.05, 0) is 36.4 Å². The third-order valence-electron chi connectivity index (χ3n) is 3.20. The van der Waals surface area contributed by atoms with Crippen molar-refractivity contribution in [2.24, 2.45) is 0 Å². The number of carbonyl (C=O) groups is 1. The normalized spacial score (nSPS) is 10.8. The molecule has 10 heteroatoms. The first kappa shape index (κ1) is 18.8. The van der Waals surface area contributed by atoms with Crippen LogP contribution in [0.1, 0.15) is 0 Å². The van der Waals surface area contributed by atoms with Crippen molar-refractivity contribution >= 4 is 23.4 Å². The number of benzene rings is 2. The third kappa shape index (κ3) is 5.23. The molecule has 0 saturated carbocycles. The molecular weight excluding hydrogens is 383 g/mol. The first-order chi connectivity index (χ1) is 13.0. The molecule has 6 nitrogen and oxygen atoms in total. The molecule has 0 bridgehead atoms. The number of carbonyl (C=O) groups excluding carboxylic acids is 1. The van der Waals surface area contributed by atoms with E-state index < -0.39 is 12.5 Å². The standard InChI is InChI=1S/C17H12F3N3O3S/c18-11-7-5-10(6-8-11)15-22-23-17(26-15)27-9-14(24)21-12-3-1-2-4-13(12)25-16(19)20/h1-8,16H,9H2,(H,21,24). The molecule has 0 unspecified atom stereocenters. The van der Waals surface area contributed by atoms with Crippen LogP contribution in [0.3, 0.4) is 0 Å². The summed E-state index contributed by atoms with van der Waals surface area (Å²) in [5, 5.41) is 10.3. The number of alkyl halides is 2. The lowest BCUT2D eigenvalue weighted by molar-refractivity contribution is -0.113. The fourth-order valence-electron chi connectivity index (χ4n) is 2.06. The van der Waals surface area contributed by atoms with Gasteiger partial charge in [-0.25, -0.2) is 4.39 Å². The monoisotopic (exact) mass is 395 g/mol. The van der Waals surface area contributed by atoms with Crippen LogP contribution in [0.2, 0.25) is 0 Å². The number of anilines is 1. The van der Waals surface area contributed by atoms with Crippen molar-refractivity contribution in [3.8, 4) is 17.2 Å². The molecule has 140 valence electrons. The summed E-state index contributed by atoms with van der Waals surface area (Å²) in [7, 11) is 0. The van der Waals surface area contributed by atoms with Crippen molar-refractivity contribution in [3.63, 3.8) is 0 Å². The zero-order chi connectivity index (χ0) is 19.2. The highest BCUT2D eigenvalue weighted by atomic mass is 32.2. The Morgan fingerprint density at radius 2 is 1.89 bits per heavy atom. The molecule has 3 rings (SSSR count). The van der Waals surface area contributed by atoms with E-state index in [1.807, 2.05) is 0 Å². The van der Waals surface area contributed by atoms with E-state index in [0.29, 0.717) is 5.56 Å². The highest BCUT2D eigenvalue weighted by Crippen LogP contribution is 2.27. The van der Waals surface area contributed by atoms with E-state index in [4.69, 9.17) is 4.42 Å². The van der Waals surface area contributed by atoms with Crippen LogP contribution in [0.5, 0.6) is 5.75 Å². The van der Waals surface area contributed by atoms with Crippen LogP contribution in [-0.4, -0.2) is 28.5 Å². The van der Waals surface area contributed by atoms with Gasteiger partial charge in [0.15, 0.2) is 0 Å². The van der Waals surface area contributed by atoms with E-state index in [0.717, 1.165) is 11.8 Å². The third-order valence-corrected chi connectivity index (χ3v) is 4.02. The van der Waals surface area contributed by atoms with Crippen molar-refractivity contribution < 1.29 is 27.1 Å². The average molecular weight is 395 g/mol. The highest BCUT2D eigenvalue weighted by molar-refractivity contribution is 7.99. The highest BCUT2D eigenvalue weighted by Gasteiger charge is 2.14. The minimum Gasteiger partial charge on any atom is -0.433 e. The van der Waals surface area contributed by atoms with Crippen molar-refractivity contribution in [2.45, 2.75) is 11.8 Å². The second kappa shape index (κ2) is 8.58. The fourth-order valence-corrected chi connectivity index (χ4v) is 2.62. The second-order valence-corrected chi connectivity index (χ2v) is 6.02. The van der Waals surface area contributed by atoms with Gasteiger partial charge in [0.2, 0.25) is 11.8 Å². The molecule has 0 aliphatic rings. The lowest BCUT2D eigenvalue weighted by Crippen LogP contribution is -2.15. The van der Waals surface area contributed by atoms with Gasteiger partial charge in [-0.2, -0.15) is 8.78 Å². The van der Waals surface area contributed by atoms with Crippen molar-refractivity contribution in [2.75, 3.05) is 11.1 Å². The molecular formula is C17H12F3N3O3S. The van der Waals surface area contributed by atoms with Crippen LogP contribution in [0.4, 0.5) is 18.9 Å². The molecule has 0 aliphatic heterocycles. The largest absolute Gasteiger partial charge is 0.433 e. The summed E-state index contributed by atoms with van der Waals surface area (Å²) in [6.07, 6.45) is 0. The summed E-state index contributed by atoms with van der Waals surface area (Å²) < 4.78 is 47.4. The number of nitrogens with one attached hydrogen (secondary N) is 1. The number of aromatic nitrogens is 2. The van der Waals surface area contributed by atoms with Gasteiger partial charge in [0, 0.05) is 5.56 Å². The molecule has 0 aliphatic carbocycles. The Bertz CT molecular complexity index is 919. The number of rotatable bonds is 7. The number of ether oxygens (including phenoxy) is 1. The van der Waals surface area contributed by atoms with Crippen LogP contribution in [0.25, 0.3) is 11.5 Å². The van der Waals surface area contributed by atoms with Gasteiger partial charge in [0.1, 0.15) is 11.6 Å². The van der Waals surface area contributed by atoms with E-state index in [1.165, 1.54) is 42.5 Å². The predicted molar refractivity (Wildman–Crippen MR) is 92.1 cm³/mol. The summed E-state index contributed by atoms with van der Waals surface area (Å²) in [6, 6.07) is 11.4. The van der Waals surface area contributed by atoms with Gasteiger partial charge < -0.3 is 14.5 Å². The maximum absolute atomic E-state index is 12.9. The van der Waals surface area contributed by atoms with E-state index in [9.17, 15) is 18.0 Å². The SMILES string of the molecule is O=C(CSc1nnc(-c2ccc(F)cc2)o1)Nc1ccccc1OC(F)F. The van der Waals surface area contributed by atoms with E-state index in [1.54, 1.807) is 6.07 Å². The molecule has 0 fully saturated rings. The Morgan fingerprint density at radius 3 is 2.63 bits per heavy atom. The fraction of sp³-hybridized carbons (Fsp3) is 0.118. The smallest absolute Gasteiger partial charge is 0.387 e. The van der Waals surface area contributed by atoms with Crippen molar-refractivity contribution in [3.05, 3.63) is 54.3 Å². The van der Waals surface area contributed by atoms with Crippen molar-refractivity contribution in [1.82, 2.24) is 10.2 Å². The van der Waals surface area contributed by atoms with Crippen LogP contribution in [0.15, 0.2) is 58.2 Å². The van der Waals surface area contributed by atoms with Gasteiger partial charge in [-0.1, -0.05) is 23.9 Å². The molecule has 0 saturated heterocycles. The topological polar surface area (TPSA) is 77.2 Å². The van der Waals surface area contributed by atoms with Crippen LogP contribution < -0.4 is 10.1 Å². The van der Waals surface area contributed by atoms with Gasteiger partial charge >= 0.3 is 6.61 Å². The Morgan fingerprint density at radius 1 is 1.15 bits per heavy atom. The Balaban J connectivity index is 1.58. The zero-order valence-corrected chi connectivity index (χ0v) is 14.4. The van der Waals surface area contributed by atoms with E-state index >= 15 is 0 Å². The molecule has 1 N–H and O–H groups in total. The van der Waals surface area contributed by atoms with Crippen LogP contribution in [0, 0.1) is 5.82 Å². The minimum atomic E-state index is -3.00. The Hall–Kier alpha value is -3.01. The number of nitrogens with zero attached hydrogens (tertiary/aromatic N) is 2. The molecule has 1 amide bonds. The quantitative estimate of drug-likeness (QED) is 0.604. The maximum atomic E-state index is 12.9. The van der Waals surface area contributed by atoms with Gasteiger partial charge in [-0.15, -0.1) is 10.2 Å². The average Bonchev–Trinajstić information content (AvgIpc) is 3.11. The lowest BCUT2D eigenvalue weighted by atomic mass is 10.2. The molecule has 0 atom stereocenters. The molecule has 3 aromatic rings. The molecule has 0 spiro atoms. The lowest BCUT2D eigenvalue weighted by Gasteiger charge is -2.11. The summed E-state index contributed by atoms with van der Waals surface area (Å²) in [5.41, 5.74) is 0.666. The summed E-state index contributed by atoms with van der Waals surface area (Å²) in [6.45, 7) is -3.00. The number of amides is 1. The van der Waals surface area contributed by atoms with Gasteiger partial charge in [0.05, 0.1) is 11.4 Å². The number of para-hydroxylation sites is 2. The van der Waals surface area contributed by atoms with E-state index in [-0.39, 0.29) is 34.1 Å². The molecule has 2 aromatic carbocycles. The molecule has 1 heterocycles. The molecule has 0 radical (unpaired) electrons. The molecule has 27 heavy (non-hydrogen) atoms. The summed E-state index contributed by atoms with van der Waals surface area (Å²) >= 11 is 0.971. The number of hydrogen-bond acceptors (Lipinski definition) is 6. The van der Waals surface area contributed by atoms with Gasteiger partial charge in [-0.3, -0.25) is 4.79 Å². The Kier molecular flexibility index (Phi) is 5.97. The zero-order valence-electron chi connectivity index (χ0n) is 13.6. The second-order valence-electron chi connectivity index (χ2n) is 5.09. The summed E-state index contributed by atoms with van der Waals surface area (Å²) in [5.74, 6) is -0.892. The first-order valence-corrected chi connectivity index (χ1v) is 8.56. The first-order valence-electron chi connectivity index (χ1n) is 7.57. The maximum Gasteiger partial charge on any atom is 0.387 e. The minimum absolute atomic E-state index is 0.0892. The summed E-state index contributed by atoms with van der Waals surface area (Å²) in [4.78, 5) is 12.0. The van der Waals surface area contributed by atoms with Crippen LogP contribution in [-0.2, 0) is 4.79 Å². The Labute approximate surface area is 155 Å².